The van der Waals surface area contributed by atoms with E-state index >= 15 is 0 Å². The molecule has 1 saturated heterocycles. The second-order valence-electron chi connectivity index (χ2n) is 4.65. The monoisotopic (exact) mass is 277 g/mol. The highest BCUT2D eigenvalue weighted by atomic mass is 16.5. The maximum absolute atomic E-state index is 11.9. The molecule has 5 heteroatoms. The minimum Gasteiger partial charge on any atom is -0.469 e. The van der Waals surface area contributed by atoms with E-state index in [1.165, 1.54) is 7.11 Å². The molecule has 0 atom stereocenters. The van der Waals surface area contributed by atoms with Crippen molar-refractivity contribution in [2.75, 3.05) is 38.3 Å². The molecule has 1 aromatic rings. The van der Waals surface area contributed by atoms with E-state index in [9.17, 15) is 9.59 Å². The zero-order valence-corrected chi connectivity index (χ0v) is 11.6. The molecule has 0 saturated carbocycles. The highest BCUT2D eigenvalue weighted by Crippen LogP contribution is 2.17. The smallest absolute Gasteiger partial charge is 0.305 e. The molecule has 108 valence electrons. The molecule has 0 aromatic heterocycles. The van der Waals surface area contributed by atoms with Crippen molar-refractivity contribution in [3.05, 3.63) is 29.8 Å². The summed E-state index contributed by atoms with van der Waals surface area (Å²) in [5.41, 5.74) is 1.73. The lowest BCUT2D eigenvalue weighted by Crippen LogP contribution is -2.36. The summed E-state index contributed by atoms with van der Waals surface area (Å²) >= 11 is 0. The van der Waals surface area contributed by atoms with Gasteiger partial charge >= 0.3 is 5.97 Å². The molecule has 0 bridgehead atoms. The van der Waals surface area contributed by atoms with Gasteiger partial charge in [0.15, 0.2) is 5.78 Å². The summed E-state index contributed by atoms with van der Waals surface area (Å²) in [7, 11) is 1.32. The zero-order valence-electron chi connectivity index (χ0n) is 11.6. The van der Waals surface area contributed by atoms with Crippen LogP contribution in [0.4, 0.5) is 5.69 Å². The molecule has 1 fully saturated rings. The van der Waals surface area contributed by atoms with Crippen LogP contribution in [0.1, 0.15) is 23.2 Å². The van der Waals surface area contributed by atoms with Crippen LogP contribution in [-0.4, -0.2) is 45.2 Å². The second kappa shape index (κ2) is 7.05. The van der Waals surface area contributed by atoms with Crippen molar-refractivity contribution in [1.82, 2.24) is 0 Å². The van der Waals surface area contributed by atoms with E-state index in [2.05, 4.69) is 9.64 Å². The fourth-order valence-electron chi connectivity index (χ4n) is 2.14. The van der Waals surface area contributed by atoms with Gasteiger partial charge in [-0.25, -0.2) is 0 Å². The Labute approximate surface area is 118 Å². The van der Waals surface area contributed by atoms with Crippen molar-refractivity contribution in [2.45, 2.75) is 12.8 Å². The van der Waals surface area contributed by atoms with Crippen LogP contribution in [0, 0.1) is 0 Å². The lowest BCUT2D eigenvalue weighted by atomic mass is 10.1. The van der Waals surface area contributed by atoms with Crippen molar-refractivity contribution >= 4 is 17.4 Å². The molecule has 5 nitrogen and oxygen atoms in total. The van der Waals surface area contributed by atoms with Gasteiger partial charge in [-0.3, -0.25) is 9.59 Å². The van der Waals surface area contributed by atoms with E-state index in [1.807, 2.05) is 24.3 Å². The predicted molar refractivity (Wildman–Crippen MR) is 75.1 cm³/mol. The van der Waals surface area contributed by atoms with Crippen LogP contribution in [0.25, 0.3) is 0 Å². The third kappa shape index (κ3) is 3.81. The molecule has 1 heterocycles. The number of hydrogen-bond donors (Lipinski definition) is 0. The molecule has 0 radical (unpaired) electrons. The third-order valence-electron chi connectivity index (χ3n) is 3.35. The van der Waals surface area contributed by atoms with Crippen LogP contribution in [0.3, 0.4) is 0 Å². The first-order chi connectivity index (χ1) is 9.70. The molecular formula is C15H19NO4. The van der Waals surface area contributed by atoms with Gasteiger partial charge in [0.2, 0.25) is 0 Å². The minimum atomic E-state index is -0.358. The molecule has 0 N–H and O–H groups in total. The van der Waals surface area contributed by atoms with E-state index in [0.717, 1.165) is 32.0 Å². The molecule has 0 unspecified atom stereocenters. The van der Waals surface area contributed by atoms with Crippen molar-refractivity contribution in [3.8, 4) is 0 Å². The zero-order chi connectivity index (χ0) is 14.4. The number of carbonyl (C=O) groups excluding carboxylic acids is 2. The first kappa shape index (κ1) is 14.5. The van der Waals surface area contributed by atoms with Crippen LogP contribution in [0.2, 0.25) is 0 Å². The van der Waals surface area contributed by atoms with Crippen molar-refractivity contribution in [1.29, 1.82) is 0 Å². The number of hydrogen-bond acceptors (Lipinski definition) is 5. The fourth-order valence-corrected chi connectivity index (χ4v) is 2.14. The summed E-state index contributed by atoms with van der Waals surface area (Å²) in [5, 5.41) is 0. The van der Waals surface area contributed by atoms with Crippen LogP contribution in [0.15, 0.2) is 24.3 Å². The Hall–Kier alpha value is -1.88. The van der Waals surface area contributed by atoms with Crippen LogP contribution < -0.4 is 4.90 Å². The average molecular weight is 277 g/mol. The quantitative estimate of drug-likeness (QED) is 0.605. The van der Waals surface area contributed by atoms with Gasteiger partial charge in [0.05, 0.1) is 26.7 Å². The lowest BCUT2D eigenvalue weighted by molar-refractivity contribution is -0.140. The van der Waals surface area contributed by atoms with Gasteiger partial charge in [0, 0.05) is 30.8 Å². The summed E-state index contributed by atoms with van der Waals surface area (Å²) in [6, 6.07) is 7.50. The second-order valence-corrected chi connectivity index (χ2v) is 4.65. The number of carbonyl (C=O) groups is 2. The van der Waals surface area contributed by atoms with Crippen LogP contribution in [-0.2, 0) is 14.3 Å². The number of Topliss-reactive ketones (excluding diaryl/α,β-unsaturated/α-hetero) is 1. The van der Waals surface area contributed by atoms with Gasteiger partial charge < -0.3 is 14.4 Å². The maximum atomic E-state index is 11.9. The Bertz CT molecular complexity index is 463. The molecule has 1 aromatic carbocycles. The Morgan fingerprint density at radius 1 is 1.15 bits per heavy atom. The standard InChI is InChI=1S/C15H19NO4/c1-19-15(18)7-6-14(17)12-2-4-13(5-3-12)16-8-10-20-11-9-16/h2-5H,6-11H2,1H3. The minimum absolute atomic E-state index is 0.0380. The van der Waals surface area contributed by atoms with E-state index in [1.54, 1.807) is 0 Å². The van der Waals surface area contributed by atoms with Crippen molar-refractivity contribution < 1.29 is 19.1 Å². The number of benzene rings is 1. The molecule has 1 aliphatic heterocycles. The summed E-state index contributed by atoms with van der Waals surface area (Å²) in [6.07, 6.45) is 0.310. The maximum Gasteiger partial charge on any atom is 0.305 e. The average Bonchev–Trinajstić information content (AvgIpc) is 2.53. The number of anilines is 1. The van der Waals surface area contributed by atoms with E-state index in [0.29, 0.717) is 5.56 Å². The number of ketones is 1. The number of methoxy groups -OCH3 is 1. The lowest BCUT2D eigenvalue weighted by Gasteiger charge is -2.28. The van der Waals surface area contributed by atoms with Gasteiger partial charge in [0.1, 0.15) is 0 Å². The first-order valence-corrected chi connectivity index (χ1v) is 6.73. The number of morpholine rings is 1. The Morgan fingerprint density at radius 2 is 1.80 bits per heavy atom. The highest BCUT2D eigenvalue weighted by molar-refractivity contribution is 5.97. The molecule has 20 heavy (non-hydrogen) atoms. The number of esters is 1. The number of nitrogens with zero attached hydrogens (tertiary/aromatic N) is 1. The summed E-state index contributed by atoms with van der Waals surface area (Å²) in [6.45, 7) is 3.21. The van der Waals surface area contributed by atoms with Crippen LogP contribution >= 0.6 is 0 Å². The fraction of sp³-hybridized carbons (Fsp3) is 0.467. The van der Waals surface area contributed by atoms with E-state index in [4.69, 9.17) is 4.74 Å². The number of rotatable bonds is 5. The predicted octanol–water partition coefficient (Wildman–Crippen LogP) is 1.66. The third-order valence-corrected chi connectivity index (χ3v) is 3.35. The summed E-state index contributed by atoms with van der Waals surface area (Å²) < 4.78 is 9.83. The molecule has 0 amide bonds. The van der Waals surface area contributed by atoms with Gasteiger partial charge in [-0.1, -0.05) is 0 Å². The van der Waals surface area contributed by atoms with Gasteiger partial charge in [-0.2, -0.15) is 0 Å². The first-order valence-electron chi connectivity index (χ1n) is 6.73. The van der Waals surface area contributed by atoms with Gasteiger partial charge in [-0.05, 0) is 24.3 Å². The topological polar surface area (TPSA) is 55.8 Å². The van der Waals surface area contributed by atoms with E-state index in [-0.39, 0.29) is 24.6 Å². The molecule has 1 aliphatic rings. The molecule has 2 rings (SSSR count). The van der Waals surface area contributed by atoms with Gasteiger partial charge in [-0.15, -0.1) is 0 Å². The molecule has 0 aliphatic carbocycles. The summed E-state index contributed by atoms with van der Waals surface area (Å²) in [4.78, 5) is 25.2. The largest absolute Gasteiger partial charge is 0.469 e. The Kier molecular flexibility index (Phi) is 5.12. The van der Waals surface area contributed by atoms with Gasteiger partial charge in [0.25, 0.3) is 0 Å². The molecular weight excluding hydrogens is 258 g/mol. The molecule has 0 spiro atoms. The Balaban J connectivity index is 1.93. The van der Waals surface area contributed by atoms with Crippen LogP contribution in [0.5, 0.6) is 0 Å². The number of ether oxygens (including phenoxy) is 2. The van der Waals surface area contributed by atoms with Crippen molar-refractivity contribution in [2.24, 2.45) is 0 Å². The highest BCUT2D eigenvalue weighted by Gasteiger charge is 2.13. The van der Waals surface area contributed by atoms with Crippen molar-refractivity contribution in [3.63, 3.8) is 0 Å². The summed E-state index contributed by atoms with van der Waals surface area (Å²) in [5.74, 6) is -0.396. The van der Waals surface area contributed by atoms with E-state index < -0.39 is 0 Å². The Morgan fingerprint density at radius 3 is 2.40 bits per heavy atom. The normalized spacial score (nSPS) is 14.9. The SMILES string of the molecule is COC(=O)CCC(=O)c1ccc(N2CCOCC2)cc1.